The Morgan fingerprint density at radius 3 is 2.60 bits per heavy atom. The highest BCUT2D eigenvalue weighted by Gasteiger charge is 2.18. The zero-order valence-corrected chi connectivity index (χ0v) is 18.1. The van der Waals surface area contributed by atoms with Gasteiger partial charge in [0.15, 0.2) is 0 Å². The molecular weight excluding hydrogens is 402 g/mol. The van der Waals surface area contributed by atoms with Gasteiger partial charge >= 0.3 is 0 Å². The Morgan fingerprint density at radius 1 is 1.07 bits per heavy atom. The lowest BCUT2D eigenvalue weighted by atomic mass is 10.1. The van der Waals surface area contributed by atoms with Gasteiger partial charge in [-0.1, -0.05) is 0 Å². The van der Waals surface area contributed by atoms with Crippen molar-refractivity contribution in [3.63, 3.8) is 0 Å². The molecule has 0 atom stereocenters. The van der Waals surface area contributed by atoms with E-state index in [2.05, 4.69) is 25.1 Å². The van der Waals surface area contributed by atoms with E-state index >= 15 is 0 Å². The first kappa shape index (κ1) is 21.2. The molecule has 2 fully saturated rings. The molecule has 3 heterocycles. The summed E-state index contributed by atoms with van der Waals surface area (Å²) in [5.74, 6) is 2.41. The van der Waals surface area contributed by atoms with Crippen molar-refractivity contribution in [3.8, 4) is 5.75 Å². The fourth-order valence-corrected chi connectivity index (χ4v) is 3.92. The van der Waals surface area contributed by atoms with Crippen LogP contribution in [0.1, 0.15) is 19.3 Å². The number of hydrogen-bond donors (Lipinski definition) is 1. The number of halogens is 1. The van der Waals surface area contributed by atoms with Gasteiger partial charge in [-0.2, -0.15) is 4.98 Å². The number of nitrogens with one attached hydrogen (secondary N) is 1. The number of benzene rings is 1. The maximum atomic E-state index is 6.21. The van der Waals surface area contributed by atoms with Crippen LogP contribution in [-0.4, -0.2) is 72.8 Å². The molecular formula is C22H30ClN5O2. The van der Waals surface area contributed by atoms with Gasteiger partial charge in [-0.25, -0.2) is 4.98 Å². The lowest BCUT2D eigenvalue weighted by molar-refractivity contribution is 0.0358. The van der Waals surface area contributed by atoms with Crippen LogP contribution in [0.4, 0.5) is 17.5 Å². The molecule has 2 aliphatic rings. The van der Waals surface area contributed by atoms with E-state index in [1.54, 1.807) is 6.20 Å². The van der Waals surface area contributed by atoms with E-state index in [0.717, 1.165) is 82.5 Å². The average Bonchev–Trinajstić information content (AvgIpc) is 2.79. The number of aromatic nitrogens is 2. The molecule has 0 aliphatic carbocycles. The SMILES string of the molecule is ClC1CCN(c2ccnc(Nc3ccc(OCCCN4CCOCC4)cc3)n2)CC1. The van der Waals surface area contributed by atoms with Crippen molar-refractivity contribution >= 4 is 29.1 Å². The quantitative estimate of drug-likeness (QED) is 0.506. The van der Waals surface area contributed by atoms with Crippen molar-refractivity contribution in [2.24, 2.45) is 0 Å². The molecule has 0 bridgehead atoms. The zero-order valence-electron chi connectivity index (χ0n) is 17.3. The lowest BCUT2D eigenvalue weighted by Gasteiger charge is -2.30. The number of ether oxygens (including phenoxy) is 2. The number of hydrogen-bond acceptors (Lipinski definition) is 7. The second kappa shape index (κ2) is 10.8. The van der Waals surface area contributed by atoms with Crippen LogP contribution >= 0.6 is 11.6 Å². The molecule has 0 spiro atoms. The van der Waals surface area contributed by atoms with Crippen LogP contribution in [0.15, 0.2) is 36.5 Å². The second-order valence-corrected chi connectivity index (χ2v) is 8.32. The van der Waals surface area contributed by atoms with Gasteiger partial charge in [-0.15, -0.1) is 11.6 Å². The van der Waals surface area contributed by atoms with Crippen LogP contribution < -0.4 is 15.0 Å². The Balaban J connectivity index is 1.24. The summed E-state index contributed by atoms with van der Waals surface area (Å²) < 4.78 is 11.3. The molecule has 0 radical (unpaired) electrons. The molecule has 0 unspecified atom stereocenters. The highest BCUT2D eigenvalue weighted by atomic mass is 35.5. The van der Waals surface area contributed by atoms with Crippen molar-refractivity contribution in [1.29, 1.82) is 0 Å². The molecule has 4 rings (SSSR count). The Kier molecular flexibility index (Phi) is 7.61. The maximum Gasteiger partial charge on any atom is 0.229 e. The van der Waals surface area contributed by atoms with Gasteiger partial charge in [0.05, 0.1) is 19.8 Å². The molecule has 1 aromatic carbocycles. The predicted molar refractivity (Wildman–Crippen MR) is 120 cm³/mol. The first-order chi connectivity index (χ1) is 14.8. The van der Waals surface area contributed by atoms with Crippen LogP contribution in [-0.2, 0) is 4.74 Å². The first-order valence-electron chi connectivity index (χ1n) is 10.8. The average molecular weight is 432 g/mol. The standard InChI is InChI=1S/C22H30ClN5O2/c23-18-7-11-28(12-8-18)21-6-9-24-22(26-21)25-19-2-4-20(5-3-19)30-15-1-10-27-13-16-29-17-14-27/h2-6,9,18H,1,7-8,10-17H2,(H,24,25,26). The molecule has 30 heavy (non-hydrogen) atoms. The Morgan fingerprint density at radius 2 is 1.83 bits per heavy atom. The van der Waals surface area contributed by atoms with Gasteiger partial charge in [-0.05, 0) is 49.6 Å². The van der Waals surface area contributed by atoms with Crippen LogP contribution in [0.2, 0.25) is 0 Å². The molecule has 162 valence electrons. The van der Waals surface area contributed by atoms with Gasteiger partial charge in [-0.3, -0.25) is 4.90 Å². The summed E-state index contributed by atoms with van der Waals surface area (Å²) in [5.41, 5.74) is 0.937. The highest BCUT2D eigenvalue weighted by Crippen LogP contribution is 2.23. The Hall–Kier alpha value is -2.09. The van der Waals surface area contributed by atoms with Gasteiger partial charge < -0.3 is 19.7 Å². The fourth-order valence-electron chi connectivity index (χ4n) is 3.73. The smallest absolute Gasteiger partial charge is 0.229 e. The van der Waals surface area contributed by atoms with Gasteiger partial charge in [0, 0.05) is 50.0 Å². The van der Waals surface area contributed by atoms with E-state index in [-0.39, 0.29) is 5.38 Å². The van der Waals surface area contributed by atoms with Crippen molar-refractivity contribution in [2.75, 3.05) is 62.8 Å². The zero-order chi connectivity index (χ0) is 20.6. The molecule has 1 aromatic heterocycles. The summed E-state index contributed by atoms with van der Waals surface area (Å²) in [6.07, 6.45) is 4.79. The fraction of sp³-hybridized carbons (Fsp3) is 0.545. The number of rotatable bonds is 8. The van der Waals surface area contributed by atoms with E-state index < -0.39 is 0 Å². The van der Waals surface area contributed by atoms with E-state index in [0.29, 0.717) is 12.6 Å². The predicted octanol–water partition coefficient (Wildman–Crippen LogP) is 3.53. The molecule has 2 saturated heterocycles. The lowest BCUT2D eigenvalue weighted by Crippen LogP contribution is -2.37. The summed E-state index contributed by atoms with van der Waals surface area (Å²) in [6.45, 7) is 7.36. The summed E-state index contributed by atoms with van der Waals surface area (Å²) >= 11 is 6.21. The van der Waals surface area contributed by atoms with Gasteiger partial charge in [0.2, 0.25) is 5.95 Å². The first-order valence-corrected chi connectivity index (χ1v) is 11.2. The Labute approximate surface area is 183 Å². The molecule has 2 aliphatic heterocycles. The number of piperidine rings is 1. The van der Waals surface area contributed by atoms with Crippen LogP contribution in [0.3, 0.4) is 0 Å². The van der Waals surface area contributed by atoms with E-state index in [1.165, 1.54) is 0 Å². The molecule has 0 amide bonds. The molecule has 2 aromatic rings. The third-order valence-corrected chi connectivity index (χ3v) is 5.93. The monoisotopic (exact) mass is 431 g/mol. The molecule has 8 heteroatoms. The molecule has 1 N–H and O–H groups in total. The van der Waals surface area contributed by atoms with E-state index in [4.69, 9.17) is 21.1 Å². The summed E-state index contributed by atoms with van der Waals surface area (Å²) in [7, 11) is 0. The maximum absolute atomic E-state index is 6.21. The molecule has 7 nitrogen and oxygen atoms in total. The summed E-state index contributed by atoms with van der Waals surface area (Å²) in [4.78, 5) is 13.7. The Bertz CT molecular complexity index is 777. The van der Waals surface area contributed by atoms with E-state index in [9.17, 15) is 0 Å². The normalized spacial score (nSPS) is 18.4. The van der Waals surface area contributed by atoms with Crippen molar-refractivity contribution in [3.05, 3.63) is 36.5 Å². The number of anilines is 3. The third kappa shape index (κ3) is 6.20. The number of nitrogens with zero attached hydrogens (tertiary/aromatic N) is 4. The topological polar surface area (TPSA) is 62.8 Å². The van der Waals surface area contributed by atoms with Gasteiger partial charge in [0.25, 0.3) is 0 Å². The number of alkyl halides is 1. The highest BCUT2D eigenvalue weighted by molar-refractivity contribution is 6.20. The second-order valence-electron chi connectivity index (χ2n) is 7.71. The molecule has 0 saturated carbocycles. The summed E-state index contributed by atoms with van der Waals surface area (Å²) in [5, 5.41) is 3.56. The van der Waals surface area contributed by atoms with Crippen LogP contribution in [0.25, 0.3) is 0 Å². The minimum absolute atomic E-state index is 0.279. The van der Waals surface area contributed by atoms with Crippen molar-refractivity contribution in [1.82, 2.24) is 14.9 Å². The van der Waals surface area contributed by atoms with Crippen LogP contribution in [0.5, 0.6) is 5.75 Å². The minimum atomic E-state index is 0.279. The minimum Gasteiger partial charge on any atom is -0.494 e. The van der Waals surface area contributed by atoms with Crippen LogP contribution in [0, 0.1) is 0 Å². The summed E-state index contributed by atoms with van der Waals surface area (Å²) in [6, 6.07) is 9.89. The van der Waals surface area contributed by atoms with Gasteiger partial charge in [0.1, 0.15) is 11.6 Å². The van der Waals surface area contributed by atoms with E-state index in [1.807, 2.05) is 30.3 Å². The largest absolute Gasteiger partial charge is 0.494 e. The van der Waals surface area contributed by atoms with Crippen molar-refractivity contribution < 1.29 is 9.47 Å². The number of morpholine rings is 1. The van der Waals surface area contributed by atoms with Crippen molar-refractivity contribution in [2.45, 2.75) is 24.6 Å². The third-order valence-electron chi connectivity index (χ3n) is 5.49.